The average molecular weight is 675 g/mol. The van der Waals surface area contributed by atoms with Gasteiger partial charge in [0.25, 0.3) is 0 Å². The lowest BCUT2D eigenvalue weighted by Gasteiger charge is -2.62. The van der Waals surface area contributed by atoms with Crippen molar-refractivity contribution in [2.75, 3.05) is 6.61 Å². The van der Waals surface area contributed by atoms with Gasteiger partial charge < -0.3 is 29.5 Å². The molecule has 10 nitrogen and oxygen atoms in total. The smallest absolute Gasteiger partial charge is 0.417 e. The Morgan fingerprint density at radius 3 is 2.31 bits per heavy atom. The van der Waals surface area contributed by atoms with E-state index in [2.05, 4.69) is 0 Å². The lowest BCUT2D eigenvalue weighted by atomic mass is 9.44. The number of carboxylic acids is 1. The maximum atomic E-state index is 17.7. The number of benzene rings is 2. The van der Waals surface area contributed by atoms with Gasteiger partial charge >= 0.3 is 11.9 Å². The summed E-state index contributed by atoms with van der Waals surface area (Å²) in [6.07, 6.45) is 2.32. The van der Waals surface area contributed by atoms with Crippen LogP contribution in [0.25, 0.3) is 0 Å². The van der Waals surface area contributed by atoms with E-state index in [1.54, 1.807) is 19.9 Å². The summed E-state index contributed by atoms with van der Waals surface area (Å²) >= 11 is 0. The van der Waals surface area contributed by atoms with Gasteiger partial charge in [-0.15, -0.1) is 0 Å². The maximum absolute atomic E-state index is 17.7. The summed E-state index contributed by atoms with van der Waals surface area (Å²) in [5.74, 6) is -5.62. The number of ether oxygens (including phenoxy) is 3. The van der Waals surface area contributed by atoms with E-state index in [1.807, 2.05) is 48.5 Å². The van der Waals surface area contributed by atoms with E-state index in [0.717, 1.165) is 16.7 Å². The number of carbonyl (C=O) groups is 4. The third-order valence-corrected chi connectivity index (χ3v) is 12.2. The highest BCUT2D eigenvalue weighted by molar-refractivity contribution is 6.28. The molecule has 2 aromatic rings. The Balaban J connectivity index is 1.20. The van der Waals surface area contributed by atoms with Crippen molar-refractivity contribution in [1.29, 1.82) is 0 Å². The molecule has 0 bridgehead atoms. The number of carboxylic acid groups (broad SMARTS) is 1. The van der Waals surface area contributed by atoms with Crippen LogP contribution in [0.3, 0.4) is 0 Å². The number of allylic oxidation sites excluding steroid dienone is 4. The number of esters is 1. The quantitative estimate of drug-likeness (QED) is 0.289. The predicted molar refractivity (Wildman–Crippen MR) is 170 cm³/mol. The first-order chi connectivity index (χ1) is 23.3. The SMILES string of the molecule is C[C@]12C=CC(=O)C=C1CC[C@H]1[C@@H]3C[C@H]4O[C@@H](c5ccc(Cc6ccc(CO)cc6)cc5)O[C@@]4(C(=O)COC(=O)C(=O)O)[C@@]3(C)C[C@H](O)[C@@]12F. The first-order valence-electron chi connectivity index (χ1n) is 16.6. The Labute approximate surface area is 282 Å². The summed E-state index contributed by atoms with van der Waals surface area (Å²) in [4.78, 5) is 49.6. The average Bonchev–Trinajstić information content (AvgIpc) is 3.58. The second kappa shape index (κ2) is 11.8. The van der Waals surface area contributed by atoms with Gasteiger partial charge in [0, 0.05) is 22.3 Å². The Morgan fingerprint density at radius 2 is 1.65 bits per heavy atom. The number of hydrogen-bond acceptors (Lipinski definition) is 9. The van der Waals surface area contributed by atoms with Gasteiger partial charge in [0.15, 0.2) is 29.9 Å². The van der Waals surface area contributed by atoms with Crippen molar-refractivity contribution in [3.05, 3.63) is 94.6 Å². The predicted octanol–water partition coefficient (Wildman–Crippen LogP) is 4.10. The molecule has 0 unspecified atom stereocenters. The van der Waals surface area contributed by atoms with Crippen molar-refractivity contribution >= 4 is 23.5 Å². The molecule has 49 heavy (non-hydrogen) atoms. The van der Waals surface area contributed by atoms with Crippen molar-refractivity contribution in [1.82, 2.24) is 0 Å². The van der Waals surface area contributed by atoms with E-state index >= 15 is 4.39 Å². The first kappa shape index (κ1) is 33.5. The maximum Gasteiger partial charge on any atom is 0.417 e. The number of alkyl halides is 1. The molecule has 4 aliphatic carbocycles. The highest BCUT2D eigenvalue weighted by Gasteiger charge is 2.79. The third-order valence-electron chi connectivity index (χ3n) is 12.2. The van der Waals surface area contributed by atoms with Crippen LogP contribution < -0.4 is 0 Å². The molecule has 0 radical (unpaired) electrons. The van der Waals surface area contributed by atoms with E-state index in [-0.39, 0.29) is 25.2 Å². The minimum atomic E-state index is -2.15. The van der Waals surface area contributed by atoms with Gasteiger partial charge in [-0.25, -0.2) is 14.0 Å². The fourth-order valence-corrected chi connectivity index (χ4v) is 9.69. The molecular formula is C38H39FO10. The summed E-state index contributed by atoms with van der Waals surface area (Å²) in [6, 6.07) is 15.1. The van der Waals surface area contributed by atoms with Gasteiger partial charge in [-0.3, -0.25) is 9.59 Å². The lowest BCUT2D eigenvalue weighted by molar-refractivity contribution is -0.231. The lowest BCUT2D eigenvalue weighted by Crippen LogP contribution is -2.69. The monoisotopic (exact) mass is 674 g/mol. The highest BCUT2D eigenvalue weighted by atomic mass is 19.1. The van der Waals surface area contributed by atoms with Crippen LogP contribution in [0.1, 0.15) is 68.1 Å². The topological polar surface area (TPSA) is 157 Å². The van der Waals surface area contributed by atoms with Crippen LogP contribution in [-0.4, -0.2) is 68.9 Å². The number of aliphatic hydroxyl groups is 2. The van der Waals surface area contributed by atoms with Crippen molar-refractivity contribution in [3.63, 3.8) is 0 Å². The van der Waals surface area contributed by atoms with Crippen LogP contribution in [-0.2, 0) is 46.4 Å². The molecule has 3 saturated carbocycles. The van der Waals surface area contributed by atoms with E-state index in [0.29, 0.717) is 30.4 Å². The van der Waals surface area contributed by atoms with E-state index in [4.69, 9.17) is 19.3 Å². The zero-order chi connectivity index (χ0) is 34.9. The number of fused-ring (bicyclic) bond motifs is 7. The van der Waals surface area contributed by atoms with E-state index in [9.17, 15) is 29.4 Å². The van der Waals surface area contributed by atoms with Crippen LogP contribution >= 0.6 is 0 Å². The van der Waals surface area contributed by atoms with Crippen LogP contribution in [0.2, 0.25) is 0 Å². The normalized spacial score (nSPS) is 37.4. The molecule has 9 atom stereocenters. The molecule has 0 aromatic heterocycles. The van der Waals surface area contributed by atoms with Crippen LogP contribution in [0.4, 0.5) is 4.39 Å². The van der Waals surface area contributed by atoms with Gasteiger partial charge in [-0.05, 0) is 73.8 Å². The molecule has 1 heterocycles. The Morgan fingerprint density at radius 1 is 1.00 bits per heavy atom. The molecule has 0 spiro atoms. The van der Waals surface area contributed by atoms with Gasteiger partial charge in [0.2, 0.25) is 5.78 Å². The van der Waals surface area contributed by atoms with Crippen molar-refractivity contribution < 1.29 is 53.1 Å². The molecule has 2 aromatic carbocycles. The standard InChI is InChI=1S/C38H39FO10/c1-35-14-13-26(41)16-25(35)11-12-27-28-17-31-38(30(43)20-47-33(46)32(44)45,36(28,2)18-29(42)37(27,35)39)49-34(48-31)24-9-7-22(8-10-24)15-21-3-5-23(19-40)6-4-21/h3-10,13-14,16,27-29,31,34,40,42H,11-12,15,17-20H2,1-2H3,(H,44,45)/t27-,28-,29-,31+,34+,35-,36-,37-,38+/m0/s1. The van der Waals surface area contributed by atoms with E-state index < -0.39 is 76.8 Å². The number of Topliss-reactive ketones (excluding diaryl/α,β-unsaturated/α-hetero) is 1. The molecule has 7 rings (SSSR count). The van der Waals surface area contributed by atoms with Crippen molar-refractivity contribution in [2.24, 2.45) is 22.7 Å². The summed E-state index contributed by atoms with van der Waals surface area (Å²) in [5.41, 5.74) is -2.22. The highest BCUT2D eigenvalue weighted by Crippen LogP contribution is 2.72. The number of hydrogen-bond donors (Lipinski definition) is 3. The number of halogens is 1. The largest absolute Gasteiger partial charge is 0.473 e. The molecular weight excluding hydrogens is 635 g/mol. The van der Waals surface area contributed by atoms with Crippen molar-refractivity contribution in [3.8, 4) is 0 Å². The summed E-state index contributed by atoms with van der Waals surface area (Å²) < 4.78 is 35.7. The summed E-state index contributed by atoms with van der Waals surface area (Å²) in [6.45, 7) is 2.56. The second-order valence-corrected chi connectivity index (χ2v) is 14.5. The Kier molecular flexibility index (Phi) is 8.05. The Bertz CT molecular complexity index is 1770. The number of carbonyl (C=O) groups excluding carboxylic acids is 3. The first-order valence-corrected chi connectivity index (χ1v) is 16.6. The zero-order valence-electron chi connectivity index (χ0n) is 27.3. The minimum absolute atomic E-state index is 0.0332. The van der Waals surface area contributed by atoms with Gasteiger partial charge in [0.1, 0.15) is 0 Å². The molecule has 4 fully saturated rings. The molecule has 258 valence electrons. The summed E-state index contributed by atoms with van der Waals surface area (Å²) in [7, 11) is 0. The molecule has 1 aliphatic heterocycles. The van der Waals surface area contributed by atoms with E-state index in [1.165, 1.54) is 12.2 Å². The molecule has 0 amide bonds. The molecule has 1 saturated heterocycles. The Hall–Kier alpha value is -4.03. The fraction of sp³-hybridized carbons (Fsp3) is 0.474. The number of aliphatic carboxylic acids is 1. The molecule has 11 heteroatoms. The molecule has 5 aliphatic rings. The second-order valence-electron chi connectivity index (χ2n) is 14.5. The number of rotatable bonds is 7. The molecule has 3 N–H and O–H groups in total. The van der Waals surface area contributed by atoms with Gasteiger partial charge in [0.05, 0.1) is 18.8 Å². The number of ketones is 2. The van der Waals surface area contributed by atoms with Crippen LogP contribution in [0.15, 0.2) is 72.3 Å². The summed E-state index contributed by atoms with van der Waals surface area (Å²) in [5, 5.41) is 30.2. The third kappa shape index (κ3) is 4.88. The van der Waals surface area contributed by atoms with Gasteiger partial charge in [-0.2, -0.15) is 0 Å². The van der Waals surface area contributed by atoms with Crippen LogP contribution in [0.5, 0.6) is 0 Å². The van der Waals surface area contributed by atoms with Crippen LogP contribution in [0, 0.1) is 22.7 Å². The zero-order valence-corrected chi connectivity index (χ0v) is 27.3. The van der Waals surface area contributed by atoms with Gasteiger partial charge in [-0.1, -0.05) is 67.1 Å². The van der Waals surface area contributed by atoms with Crippen molar-refractivity contribution in [2.45, 2.75) is 82.3 Å². The fourth-order valence-electron chi connectivity index (χ4n) is 9.69. The minimum Gasteiger partial charge on any atom is -0.473 e. The number of aliphatic hydroxyl groups excluding tert-OH is 2.